The molecule has 1 atom stereocenters. The molecule has 5 nitrogen and oxygen atoms in total. The molecule has 5 rings (SSSR count). The fourth-order valence-corrected chi connectivity index (χ4v) is 4.12. The lowest BCUT2D eigenvalue weighted by atomic mass is 9.98. The molecule has 3 heterocycles. The molecule has 0 saturated carbocycles. The van der Waals surface area contributed by atoms with Crippen molar-refractivity contribution in [3.63, 3.8) is 0 Å². The van der Waals surface area contributed by atoms with E-state index in [2.05, 4.69) is 9.97 Å². The topological polar surface area (TPSA) is 58.5 Å². The quantitative estimate of drug-likeness (QED) is 0.515. The van der Waals surface area contributed by atoms with Crippen LogP contribution in [-0.2, 0) is 0 Å². The van der Waals surface area contributed by atoms with Crippen LogP contribution < -0.4 is 0 Å². The number of hydrogen-bond acceptors (Lipinski definition) is 5. The number of benzene rings is 2. The molecule has 0 unspecified atom stereocenters. The first-order valence-electron chi connectivity index (χ1n) is 9.00. The van der Waals surface area contributed by atoms with E-state index >= 15 is 0 Å². The lowest BCUT2D eigenvalue weighted by molar-refractivity contribution is 0.0716. The number of amides is 1. The SMILES string of the molecule is O=C(c1cccs1)N1N=C(c2ccccc2)C[C@H]1c1ccc2nccnc2c1. The molecule has 0 aliphatic carbocycles. The molecule has 2 aromatic carbocycles. The highest BCUT2D eigenvalue weighted by Crippen LogP contribution is 2.35. The normalized spacial score (nSPS) is 16.4. The van der Waals surface area contributed by atoms with E-state index in [0.717, 1.165) is 27.9 Å². The highest BCUT2D eigenvalue weighted by molar-refractivity contribution is 7.12. The third kappa shape index (κ3) is 2.97. The maximum absolute atomic E-state index is 13.1. The van der Waals surface area contributed by atoms with Gasteiger partial charge in [0.2, 0.25) is 0 Å². The minimum Gasteiger partial charge on any atom is -0.266 e. The molecule has 0 spiro atoms. The molecule has 0 fully saturated rings. The van der Waals surface area contributed by atoms with Crippen LogP contribution >= 0.6 is 11.3 Å². The molecular formula is C22H16N4OS. The number of aromatic nitrogens is 2. The zero-order valence-corrected chi connectivity index (χ0v) is 15.7. The molecule has 1 aliphatic rings. The van der Waals surface area contributed by atoms with Crippen molar-refractivity contribution in [1.29, 1.82) is 0 Å². The lowest BCUT2D eigenvalue weighted by Crippen LogP contribution is -2.26. The predicted molar refractivity (Wildman–Crippen MR) is 110 cm³/mol. The maximum Gasteiger partial charge on any atom is 0.284 e. The number of hydrazone groups is 1. The largest absolute Gasteiger partial charge is 0.284 e. The first-order valence-corrected chi connectivity index (χ1v) is 9.88. The number of rotatable bonds is 3. The zero-order chi connectivity index (χ0) is 18.9. The number of carbonyl (C=O) groups excluding carboxylic acids is 1. The van der Waals surface area contributed by atoms with Crippen LogP contribution in [0.15, 0.2) is 83.5 Å². The number of fused-ring (bicyclic) bond motifs is 1. The summed E-state index contributed by atoms with van der Waals surface area (Å²) in [5.41, 5.74) is 4.61. The molecule has 4 aromatic rings. The standard InChI is InChI=1S/C22H16N4OS/c27-22(21-7-4-12-28-21)26-20(14-18(25-26)15-5-2-1-3-6-15)16-8-9-17-19(13-16)24-11-10-23-17/h1-13,20H,14H2/t20-/m0/s1. The fraction of sp³-hybridized carbons (Fsp3) is 0.0909. The molecule has 0 radical (unpaired) electrons. The van der Waals surface area contributed by atoms with Gasteiger partial charge in [0.05, 0.1) is 27.7 Å². The van der Waals surface area contributed by atoms with Crippen molar-refractivity contribution < 1.29 is 4.79 Å². The Morgan fingerprint density at radius 3 is 2.57 bits per heavy atom. The summed E-state index contributed by atoms with van der Waals surface area (Å²) in [7, 11) is 0. The summed E-state index contributed by atoms with van der Waals surface area (Å²) >= 11 is 1.43. The predicted octanol–water partition coefficient (Wildman–Crippen LogP) is 4.68. The molecule has 1 aliphatic heterocycles. The van der Waals surface area contributed by atoms with Gasteiger partial charge in [-0.25, -0.2) is 5.01 Å². The molecule has 0 bridgehead atoms. The molecule has 2 aromatic heterocycles. The Morgan fingerprint density at radius 1 is 0.964 bits per heavy atom. The molecule has 6 heteroatoms. The van der Waals surface area contributed by atoms with Crippen molar-refractivity contribution in [2.24, 2.45) is 5.10 Å². The van der Waals surface area contributed by atoms with E-state index in [1.807, 2.05) is 66.0 Å². The van der Waals surface area contributed by atoms with Gasteiger partial charge in [0, 0.05) is 18.8 Å². The summed E-state index contributed by atoms with van der Waals surface area (Å²) in [5, 5.41) is 8.25. The Bertz CT molecular complexity index is 1170. The van der Waals surface area contributed by atoms with E-state index in [0.29, 0.717) is 11.3 Å². The first-order chi connectivity index (χ1) is 13.8. The smallest absolute Gasteiger partial charge is 0.266 e. The van der Waals surface area contributed by atoms with Crippen molar-refractivity contribution in [2.75, 3.05) is 0 Å². The Balaban J connectivity index is 1.57. The Kier molecular flexibility index (Phi) is 4.18. The minimum atomic E-state index is -0.170. The van der Waals surface area contributed by atoms with Gasteiger partial charge >= 0.3 is 0 Å². The van der Waals surface area contributed by atoms with Crippen molar-refractivity contribution in [3.05, 3.63) is 94.4 Å². The summed E-state index contributed by atoms with van der Waals surface area (Å²) in [6, 6.07) is 19.5. The van der Waals surface area contributed by atoms with E-state index in [1.54, 1.807) is 17.4 Å². The van der Waals surface area contributed by atoms with Crippen molar-refractivity contribution in [3.8, 4) is 0 Å². The van der Waals surface area contributed by atoms with Gasteiger partial charge in [-0.3, -0.25) is 14.8 Å². The molecule has 136 valence electrons. The van der Waals surface area contributed by atoms with Crippen LogP contribution in [-0.4, -0.2) is 26.6 Å². The summed E-state index contributed by atoms with van der Waals surface area (Å²) in [6.07, 6.45) is 4.02. The Morgan fingerprint density at radius 2 is 1.79 bits per heavy atom. The maximum atomic E-state index is 13.1. The lowest BCUT2D eigenvalue weighted by Gasteiger charge is -2.21. The van der Waals surface area contributed by atoms with Gasteiger partial charge in [0.15, 0.2) is 0 Å². The molecule has 0 saturated heterocycles. The van der Waals surface area contributed by atoms with Crippen LogP contribution in [0.5, 0.6) is 0 Å². The van der Waals surface area contributed by atoms with Crippen LogP contribution in [0.2, 0.25) is 0 Å². The van der Waals surface area contributed by atoms with Crippen LogP contribution in [0, 0.1) is 0 Å². The van der Waals surface area contributed by atoms with E-state index in [4.69, 9.17) is 5.10 Å². The van der Waals surface area contributed by atoms with E-state index in [1.165, 1.54) is 11.3 Å². The average Bonchev–Trinajstić information content (AvgIpc) is 3.44. The number of carbonyl (C=O) groups is 1. The number of nitrogens with zero attached hydrogens (tertiary/aromatic N) is 4. The molecule has 1 amide bonds. The third-order valence-electron chi connectivity index (χ3n) is 4.84. The fourth-order valence-electron chi connectivity index (χ4n) is 3.46. The first kappa shape index (κ1) is 16.8. The second-order valence-electron chi connectivity index (χ2n) is 6.56. The number of thiophene rings is 1. The van der Waals surface area contributed by atoms with E-state index in [-0.39, 0.29) is 11.9 Å². The van der Waals surface area contributed by atoms with E-state index in [9.17, 15) is 4.79 Å². The highest BCUT2D eigenvalue weighted by atomic mass is 32.1. The van der Waals surface area contributed by atoms with E-state index < -0.39 is 0 Å². The van der Waals surface area contributed by atoms with Gasteiger partial charge in [-0.15, -0.1) is 11.3 Å². The molecule has 0 N–H and O–H groups in total. The summed E-state index contributed by atoms with van der Waals surface area (Å²) in [6.45, 7) is 0. The number of hydrogen-bond donors (Lipinski definition) is 0. The Labute approximate surface area is 166 Å². The zero-order valence-electron chi connectivity index (χ0n) is 14.9. The minimum absolute atomic E-state index is 0.0785. The van der Waals surface area contributed by atoms with Crippen LogP contribution in [0.25, 0.3) is 11.0 Å². The summed E-state index contributed by atoms with van der Waals surface area (Å²) < 4.78 is 0. The van der Waals surface area contributed by atoms with Gasteiger partial charge < -0.3 is 0 Å². The molecular weight excluding hydrogens is 368 g/mol. The third-order valence-corrected chi connectivity index (χ3v) is 5.69. The van der Waals surface area contributed by atoms with Gasteiger partial charge in [0.25, 0.3) is 5.91 Å². The van der Waals surface area contributed by atoms with Gasteiger partial charge in [-0.05, 0) is 34.7 Å². The summed E-state index contributed by atoms with van der Waals surface area (Å²) in [5.74, 6) is -0.0785. The van der Waals surface area contributed by atoms with Crippen LogP contribution in [0.4, 0.5) is 0 Å². The highest BCUT2D eigenvalue weighted by Gasteiger charge is 2.34. The molecule has 28 heavy (non-hydrogen) atoms. The van der Waals surface area contributed by atoms with Crippen LogP contribution in [0.3, 0.4) is 0 Å². The average molecular weight is 384 g/mol. The van der Waals surface area contributed by atoms with Crippen molar-refractivity contribution in [1.82, 2.24) is 15.0 Å². The second-order valence-corrected chi connectivity index (χ2v) is 7.51. The van der Waals surface area contributed by atoms with Gasteiger partial charge in [0.1, 0.15) is 0 Å². The second kappa shape index (κ2) is 6.98. The van der Waals surface area contributed by atoms with Crippen molar-refractivity contribution in [2.45, 2.75) is 12.5 Å². The van der Waals surface area contributed by atoms with Crippen LogP contribution in [0.1, 0.15) is 33.3 Å². The summed E-state index contributed by atoms with van der Waals surface area (Å²) in [4.78, 5) is 22.6. The monoisotopic (exact) mass is 384 g/mol. The van der Waals surface area contributed by atoms with Gasteiger partial charge in [-0.1, -0.05) is 42.5 Å². The van der Waals surface area contributed by atoms with Gasteiger partial charge in [-0.2, -0.15) is 5.10 Å². The Hall–Kier alpha value is -3.38. The van der Waals surface area contributed by atoms with Crippen molar-refractivity contribution >= 4 is 34.0 Å².